The topological polar surface area (TPSA) is 52.0 Å². The average molecular weight is 311 g/mol. The SMILES string of the molecule is CCNCc1cn(-c2ccc(Br)c(OC)c2)nn1. The molecule has 0 aliphatic rings. The van der Waals surface area contributed by atoms with E-state index in [-0.39, 0.29) is 0 Å². The standard InChI is InChI=1S/C12H15BrN4O/c1-3-14-7-9-8-17(16-15-9)10-4-5-11(13)12(6-10)18-2/h4-6,8,14H,3,7H2,1-2H3. The van der Waals surface area contributed by atoms with Gasteiger partial charge in [-0.25, -0.2) is 4.68 Å². The van der Waals surface area contributed by atoms with Gasteiger partial charge in [-0.1, -0.05) is 12.1 Å². The molecule has 0 spiro atoms. The number of hydrogen-bond donors (Lipinski definition) is 1. The molecule has 0 amide bonds. The summed E-state index contributed by atoms with van der Waals surface area (Å²) in [4.78, 5) is 0. The van der Waals surface area contributed by atoms with Gasteiger partial charge in [-0.3, -0.25) is 0 Å². The van der Waals surface area contributed by atoms with Crippen LogP contribution in [0.2, 0.25) is 0 Å². The number of aromatic nitrogens is 3. The summed E-state index contributed by atoms with van der Waals surface area (Å²) in [7, 11) is 1.64. The van der Waals surface area contributed by atoms with E-state index < -0.39 is 0 Å². The first-order valence-corrected chi connectivity index (χ1v) is 6.49. The third-order valence-corrected chi connectivity index (χ3v) is 3.15. The number of benzene rings is 1. The van der Waals surface area contributed by atoms with Crippen molar-refractivity contribution < 1.29 is 4.74 Å². The van der Waals surface area contributed by atoms with Crippen LogP contribution in [-0.2, 0) is 6.54 Å². The Hall–Kier alpha value is -1.40. The largest absolute Gasteiger partial charge is 0.495 e. The van der Waals surface area contributed by atoms with Crippen LogP contribution >= 0.6 is 15.9 Å². The number of rotatable bonds is 5. The van der Waals surface area contributed by atoms with Gasteiger partial charge in [0, 0.05) is 12.6 Å². The quantitative estimate of drug-likeness (QED) is 0.919. The summed E-state index contributed by atoms with van der Waals surface area (Å²) >= 11 is 3.42. The second-order valence-corrected chi connectivity index (χ2v) is 4.61. The molecule has 2 rings (SSSR count). The van der Waals surface area contributed by atoms with Crippen molar-refractivity contribution in [3.63, 3.8) is 0 Å². The monoisotopic (exact) mass is 310 g/mol. The van der Waals surface area contributed by atoms with Crippen molar-refractivity contribution in [1.29, 1.82) is 0 Å². The Kier molecular flexibility index (Phi) is 4.33. The Labute approximate surface area is 114 Å². The van der Waals surface area contributed by atoms with Gasteiger partial charge >= 0.3 is 0 Å². The van der Waals surface area contributed by atoms with E-state index in [1.54, 1.807) is 11.8 Å². The molecule has 0 saturated carbocycles. The number of nitrogens with zero attached hydrogens (tertiary/aromatic N) is 3. The van der Waals surface area contributed by atoms with E-state index >= 15 is 0 Å². The fraction of sp³-hybridized carbons (Fsp3) is 0.333. The smallest absolute Gasteiger partial charge is 0.135 e. The van der Waals surface area contributed by atoms with Crippen molar-refractivity contribution in [2.45, 2.75) is 13.5 Å². The van der Waals surface area contributed by atoms with Crippen molar-refractivity contribution in [2.75, 3.05) is 13.7 Å². The first-order valence-electron chi connectivity index (χ1n) is 5.70. The molecule has 2 aromatic rings. The second-order valence-electron chi connectivity index (χ2n) is 3.75. The maximum Gasteiger partial charge on any atom is 0.135 e. The molecule has 18 heavy (non-hydrogen) atoms. The van der Waals surface area contributed by atoms with Crippen molar-refractivity contribution in [3.8, 4) is 11.4 Å². The van der Waals surface area contributed by atoms with Crippen LogP contribution in [0.3, 0.4) is 0 Å². The first-order chi connectivity index (χ1) is 8.74. The summed E-state index contributed by atoms with van der Waals surface area (Å²) in [5, 5.41) is 11.4. The van der Waals surface area contributed by atoms with E-state index in [1.807, 2.05) is 24.4 Å². The molecule has 0 atom stereocenters. The highest BCUT2D eigenvalue weighted by Crippen LogP contribution is 2.26. The highest BCUT2D eigenvalue weighted by molar-refractivity contribution is 9.10. The molecule has 0 bridgehead atoms. The van der Waals surface area contributed by atoms with E-state index in [9.17, 15) is 0 Å². The fourth-order valence-corrected chi connectivity index (χ4v) is 1.96. The van der Waals surface area contributed by atoms with Crippen LogP contribution in [0.4, 0.5) is 0 Å². The van der Waals surface area contributed by atoms with Crippen LogP contribution in [0.5, 0.6) is 5.75 Å². The van der Waals surface area contributed by atoms with Gasteiger partial charge in [0.2, 0.25) is 0 Å². The zero-order valence-electron chi connectivity index (χ0n) is 10.4. The van der Waals surface area contributed by atoms with Gasteiger partial charge in [-0.05, 0) is 34.6 Å². The van der Waals surface area contributed by atoms with Crippen molar-refractivity contribution in [2.24, 2.45) is 0 Å². The van der Waals surface area contributed by atoms with Gasteiger partial charge in [-0.15, -0.1) is 5.10 Å². The number of halogens is 1. The van der Waals surface area contributed by atoms with E-state index in [1.165, 1.54) is 0 Å². The van der Waals surface area contributed by atoms with Crippen LogP contribution < -0.4 is 10.1 Å². The average Bonchev–Trinajstić information content (AvgIpc) is 2.85. The molecular formula is C12H15BrN4O. The van der Waals surface area contributed by atoms with Crippen LogP contribution in [-0.4, -0.2) is 28.6 Å². The molecule has 6 heteroatoms. The molecule has 0 radical (unpaired) electrons. The van der Waals surface area contributed by atoms with Gasteiger partial charge in [0.05, 0.1) is 29.2 Å². The normalized spacial score (nSPS) is 10.6. The lowest BCUT2D eigenvalue weighted by Crippen LogP contribution is -2.11. The summed E-state index contributed by atoms with van der Waals surface area (Å²) in [5.41, 5.74) is 1.84. The summed E-state index contributed by atoms with van der Waals surface area (Å²) in [6, 6.07) is 5.80. The first kappa shape index (κ1) is 13.0. The lowest BCUT2D eigenvalue weighted by molar-refractivity contribution is 0.412. The van der Waals surface area contributed by atoms with Gasteiger partial charge in [0.15, 0.2) is 0 Å². The number of nitrogens with one attached hydrogen (secondary N) is 1. The Morgan fingerprint density at radius 2 is 2.28 bits per heavy atom. The number of hydrogen-bond acceptors (Lipinski definition) is 4. The zero-order valence-corrected chi connectivity index (χ0v) is 11.9. The zero-order chi connectivity index (χ0) is 13.0. The minimum absolute atomic E-state index is 0.726. The number of ether oxygens (including phenoxy) is 1. The lowest BCUT2D eigenvalue weighted by atomic mass is 10.3. The van der Waals surface area contributed by atoms with Crippen molar-refractivity contribution >= 4 is 15.9 Å². The summed E-state index contributed by atoms with van der Waals surface area (Å²) in [6.07, 6.45) is 1.91. The summed E-state index contributed by atoms with van der Waals surface area (Å²) in [6.45, 7) is 3.70. The highest BCUT2D eigenvalue weighted by atomic mass is 79.9. The second kappa shape index (κ2) is 5.97. The third-order valence-electron chi connectivity index (χ3n) is 2.50. The number of methoxy groups -OCH3 is 1. The van der Waals surface area contributed by atoms with Gasteiger partial charge in [-0.2, -0.15) is 0 Å². The van der Waals surface area contributed by atoms with Gasteiger partial charge in [0.25, 0.3) is 0 Å². The third kappa shape index (κ3) is 2.88. The molecule has 1 aromatic carbocycles. The molecule has 0 unspecified atom stereocenters. The Morgan fingerprint density at radius 3 is 3.00 bits per heavy atom. The van der Waals surface area contributed by atoms with Crippen LogP contribution in [0, 0.1) is 0 Å². The molecule has 1 heterocycles. The van der Waals surface area contributed by atoms with Crippen molar-refractivity contribution in [1.82, 2.24) is 20.3 Å². The minimum Gasteiger partial charge on any atom is -0.495 e. The fourth-order valence-electron chi connectivity index (χ4n) is 1.55. The molecular weight excluding hydrogens is 296 g/mol. The Morgan fingerprint density at radius 1 is 1.44 bits per heavy atom. The maximum atomic E-state index is 5.26. The molecule has 1 aromatic heterocycles. The minimum atomic E-state index is 0.726. The van der Waals surface area contributed by atoms with Crippen molar-refractivity contribution in [3.05, 3.63) is 34.6 Å². The Bertz CT molecular complexity index is 527. The lowest BCUT2D eigenvalue weighted by Gasteiger charge is -2.05. The van der Waals surface area contributed by atoms with E-state index in [0.717, 1.165) is 34.7 Å². The molecule has 0 aliphatic carbocycles. The van der Waals surface area contributed by atoms with Gasteiger partial charge < -0.3 is 10.1 Å². The summed E-state index contributed by atoms with van der Waals surface area (Å²) < 4.78 is 7.91. The predicted molar refractivity (Wildman–Crippen MR) is 73.0 cm³/mol. The molecule has 1 N–H and O–H groups in total. The maximum absolute atomic E-state index is 5.26. The molecule has 0 fully saturated rings. The molecule has 0 aliphatic heterocycles. The van der Waals surface area contributed by atoms with E-state index in [0.29, 0.717) is 0 Å². The van der Waals surface area contributed by atoms with Crippen LogP contribution in [0.25, 0.3) is 5.69 Å². The highest BCUT2D eigenvalue weighted by Gasteiger charge is 2.06. The predicted octanol–water partition coefficient (Wildman–Crippen LogP) is 2.15. The van der Waals surface area contributed by atoms with E-state index in [2.05, 4.69) is 38.5 Å². The molecule has 5 nitrogen and oxygen atoms in total. The summed E-state index contributed by atoms with van der Waals surface area (Å²) in [5.74, 6) is 0.774. The molecule has 0 saturated heterocycles. The Balaban J connectivity index is 2.23. The van der Waals surface area contributed by atoms with Crippen LogP contribution in [0.1, 0.15) is 12.6 Å². The van der Waals surface area contributed by atoms with Gasteiger partial charge in [0.1, 0.15) is 5.75 Å². The molecule has 96 valence electrons. The van der Waals surface area contributed by atoms with Crippen LogP contribution in [0.15, 0.2) is 28.9 Å². The van der Waals surface area contributed by atoms with E-state index in [4.69, 9.17) is 4.74 Å².